The fraction of sp³-hybridized carbons (Fsp3) is 0.100. The standard InChI is InChI=1S/C10H12BCl2N/c1-3-8-11(12,13)14-9-6-5-7-10(14)4-2/h3-7,9H,1-2,8H2. The molecule has 14 heavy (non-hydrogen) atoms. The van der Waals surface area contributed by atoms with Crippen molar-refractivity contribution in [2.24, 2.45) is 0 Å². The molecular weight excluding hydrogens is 216 g/mol. The number of aromatic nitrogens is 1. The maximum atomic E-state index is 6.22. The highest BCUT2D eigenvalue weighted by Crippen LogP contribution is 2.17. The summed E-state index contributed by atoms with van der Waals surface area (Å²) in [6.45, 7) is 7.35. The van der Waals surface area contributed by atoms with Crippen LogP contribution in [0.25, 0.3) is 6.08 Å². The molecule has 1 rings (SSSR count). The minimum absolute atomic E-state index is 0.540. The molecule has 0 saturated carbocycles. The van der Waals surface area contributed by atoms with Gasteiger partial charge in [0.2, 0.25) is 0 Å². The van der Waals surface area contributed by atoms with E-state index in [4.69, 9.17) is 22.9 Å². The fourth-order valence-corrected chi connectivity index (χ4v) is 1.91. The lowest BCUT2D eigenvalue weighted by molar-refractivity contribution is -0.539. The first-order chi connectivity index (χ1) is 6.61. The van der Waals surface area contributed by atoms with Gasteiger partial charge in [-0.1, -0.05) is 19.0 Å². The van der Waals surface area contributed by atoms with E-state index in [0.29, 0.717) is 6.32 Å². The van der Waals surface area contributed by atoms with Crippen molar-refractivity contribution in [3.8, 4) is 0 Å². The van der Waals surface area contributed by atoms with Gasteiger partial charge in [-0.2, -0.15) is 0 Å². The van der Waals surface area contributed by atoms with Crippen LogP contribution >= 0.6 is 22.9 Å². The molecule has 0 fully saturated rings. The molecule has 1 aromatic rings. The Morgan fingerprint density at radius 1 is 1.36 bits per heavy atom. The van der Waals surface area contributed by atoms with Crippen molar-refractivity contribution in [3.05, 3.63) is 49.3 Å². The van der Waals surface area contributed by atoms with Gasteiger partial charge in [0, 0.05) is 6.07 Å². The lowest BCUT2D eigenvalue weighted by Crippen LogP contribution is -2.58. The second-order valence-electron chi connectivity index (χ2n) is 3.03. The van der Waals surface area contributed by atoms with Gasteiger partial charge < -0.3 is 4.48 Å². The van der Waals surface area contributed by atoms with Crippen LogP contribution in [0, 0.1) is 0 Å². The van der Waals surface area contributed by atoms with E-state index in [1.807, 2.05) is 28.9 Å². The van der Waals surface area contributed by atoms with Gasteiger partial charge in [-0.15, -0.1) is 12.7 Å². The molecule has 0 aliphatic carbocycles. The molecule has 0 N–H and O–H groups in total. The molecule has 0 aliphatic heterocycles. The summed E-state index contributed by atoms with van der Waals surface area (Å²) in [5, 5.41) is -1.66. The third-order valence-corrected chi connectivity index (χ3v) is 2.77. The van der Waals surface area contributed by atoms with E-state index in [2.05, 4.69) is 13.2 Å². The van der Waals surface area contributed by atoms with Gasteiger partial charge in [-0.05, 0) is 12.1 Å². The van der Waals surface area contributed by atoms with Crippen molar-refractivity contribution in [1.82, 2.24) is 0 Å². The van der Waals surface area contributed by atoms with Gasteiger partial charge in [-0.3, -0.25) is 22.9 Å². The Kier molecular flexibility index (Phi) is 3.79. The topological polar surface area (TPSA) is 3.88 Å². The molecule has 74 valence electrons. The average molecular weight is 228 g/mol. The van der Waals surface area contributed by atoms with Crippen molar-refractivity contribution in [2.75, 3.05) is 0 Å². The molecule has 0 aromatic carbocycles. The van der Waals surface area contributed by atoms with E-state index in [0.717, 1.165) is 5.69 Å². The van der Waals surface area contributed by atoms with Crippen molar-refractivity contribution in [3.63, 3.8) is 0 Å². The molecule has 0 radical (unpaired) electrons. The predicted octanol–water partition coefficient (Wildman–Crippen LogP) is 3.07. The van der Waals surface area contributed by atoms with E-state index in [9.17, 15) is 0 Å². The monoisotopic (exact) mass is 227 g/mol. The molecule has 1 heterocycles. The summed E-state index contributed by atoms with van der Waals surface area (Å²) < 4.78 is 1.82. The minimum Gasteiger partial charge on any atom is -0.393 e. The van der Waals surface area contributed by atoms with E-state index in [1.165, 1.54) is 0 Å². The second-order valence-corrected chi connectivity index (χ2v) is 4.70. The normalized spacial score (nSPS) is 11.0. The van der Waals surface area contributed by atoms with E-state index in [-0.39, 0.29) is 0 Å². The summed E-state index contributed by atoms with van der Waals surface area (Å²) in [6.07, 6.45) is 5.83. The first-order valence-corrected chi connectivity index (χ1v) is 5.26. The SMILES string of the molecule is C=CC[B-](Cl)(Cl)[n+]1ccccc1C=C. The first-order valence-electron chi connectivity index (χ1n) is 4.39. The molecular formula is C10H12BCl2N. The Bertz CT molecular complexity index is 350. The van der Waals surface area contributed by atoms with Crippen LogP contribution in [-0.2, 0) is 0 Å². The second kappa shape index (κ2) is 4.67. The smallest absolute Gasteiger partial charge is 0.393 e. The Morgan fingerprint density at radius 3 is 2.64 bits per heavy atom. The van der Waals surface area contributed by atoms with Gasteiger partial charge in [0.1, 0.15) is 6.20 Å². The van der Waals surface area contributed by atoms with Crippen LogP contribution in [-0.4, -0.2) is 5.11 Å². The zero-order valence-corrected chi connectivity index (χ0v) is 9.38. The van der Waals surface area contributed by atoms with Crippen LogP contribution in [0.2, 0.25) is 6.32 Å². The summed E-state index contributed by atoms with van der Waals surface area (Å²) >= 11 is 12.4. The summed E-state index contributed by atoms with van der Waals surface area (Å²) in [5.41, 5.74) is 0.902. The minimum atomic E-state index is -1.66. The highest BCUT2D eigenvalue weighted by Gasteiger charge is 2.31. The third kappa shape index (κ3) is 2.40. The summed E-state index contributed by atoms with van der Waals surface area (Å²) in [7, 11) is 0. The molecule has 0 unspecified atom stereocenters. The van der Waals surface area contributed by atoms with Crippen molar-refractivity contribution in [1.29, 1.82) is 0 Å². The van der Waals surface area contributed by atoms with Crippen LogP contribution < -0.4 is 4.48 Å². The number of hydrogen-bond donors (Lipinski definition) is 0. The highest BCUT2D eigenvalue weighted by molar-refractivity contribution is 7.41. The van der Waals surface area contributed by atoms with Crippen LogP contribution in [0.5, 0.6) is 0 Å². The molecule has 4 heteroatoms. The Morgan fingerprint density at radius 2 is 2.07 bits per heavy atom. The van der Waals surface area contributed by atoms with E-state index in [1.54, 1.807) is 12.2 Å². The molecule has 0 bridgehead atoms. The number of hydrogen-bond acceptors (Lipinski definition) is 0. The molecule has 0 spiro atoms. The average Bonchev–Trinajstić information content (AvgIpc) is 2.18. The van der Waals surface area contributed by atoms with Gasteiger partial charge in [0.25, 0.3) is 0 Å². The number of allylic oxidation sites excluding steroid dienone is 1. The van der Waals surface area contributed by atoms with E-state index < -0.39 is 5.11 Å². The maximum absolute atomic E-state index is 6.22. The number of rotatable bonds is 4. The fourth-order valence-electron chi connectivity index (χ4n) is 1.30. The highest BCUT2D eigenvalue weighted by atomic mass is 35.5. The Labute approximate surface area is 94.4 Å². The molecule has 0 atom stereocenters. The molecule has 0 aliphatic rings. The predicted molar refractivity (Wildman–Crippen MR) is 64.6 cm³/mol. The third-order valence-electron chi connectivity index (χ3n) is 1.99. The van der Waals surface area contributed by atoms with Gasteiger partial charge >= 0.3 is 5.11 Å². The van der Waals surface area contributed by atoms with Crippen molar-refractivity contribution in [2.45, 2.75) is 6.32 Å². The van der Waals surface area contributed by atoms with Crippen molar-refractivity contribution >= 4 is 34.1 Å². The largest absolute Gasteiger partial charge is 0.450 e. The van der Waals surface area contributed by atoms with Gasteiger partial charge in [0.15, 0.2) is 5.69 Å². The maximum Gasteiger partial charge on any atom is 0.450 e. The first kappa shape index (κ1) is 11.4. The van der Waals surface area contributed by atoms with Gasteiger partial charge in [-0.25, -0.2) is 0 Å². The zero-order valence-electron chi connectivity index (χ0n) is 7.87. The Balaban J connectivity index is 3.16. The summed E-state index contributed by atoms with van der Waals surface area (Å²) in [5.74, 6) is 0. The van der Waals surface area contributed by atoms with Crippen LogP contribution in [0.15, 0.2) is 43.6 Å². The van der Waals surface area contributed by atoms with E-state index >= 15 is 0 Å². The zero-order chi connectivity index (χ0) is 10.6. The number of nitrogens with zero attached hydrogens (tertiary/aromatic N) is 1. The quantitative estimate of drug-likeness (QED) is 0.550. The van der Waals surface area contributed by atoms with Crippen LogP contribution in [0.1, 0.15) is 5.69 Å². The lowest BCUT2D eigenvalue weighted by Gasteiger charge is -2.21. The van der Waals surface area contributed by atoms with Crippen LogP contribution in [0.3, 0.4) is 0 Å². The van der Waals surface area contributed by atoms with Crippen LogP contribution in [0.4, 0.5) is 0 Å². The lowest BCUT2D eigenvalue weighted by atomic mass is 9.83. The Hall–Kier alpha value is -0.725. The van der Waals surface area contributed by atoms with Crippen molar-refractivity contribution < 1.29 is 4.48 Å². The number of halogens is 2. The molecule has 1 aromatic heterocycles. The molecule has 0 amide bonds. The molecule has 1 nitrogen and oxygen atoms in total. The summed E-state index contributed by atoms with van der Waals surface area (Å²) in [6, 6.07) is 5.72. The summed E-state index contributed by atoms with van der Waals surface area (Å²) in [4.78, 5) is 0. The molecule has 0 saturated heterocycles. The number of pyridine rings is 1. The van der Waals surface area contributed by atoms with Gasteiger partial charge in [0.05, 0.1) is 0 Å².